The lowest BCUT2D eigenvalue weighted by atomic mass is 10.0. The zero-order valence-corrected chi connectivity index (χ0v) is 8.74. The molecule has 0 unspecified atom stereocenters. The van der Waals surface area contributed by atoms with Crippen LogP contribution in [-0.2, 0) is 17.1 Å². The van der Waals surface area contributed by atoms with Gasteiger partial charge in [0.2, 0.25) is 0 Å². The van der Waals surface area contributed by atoms with Gasteiger partial charge in [0, 0.05) is 12.2 Å². The molecule has 1 aromatic rings. The molecule has 0 aromatic heterocycles. The van der Waals surface area contributed by atoms with E-state index in [9.17, 15) is 8.42 Å². The van der Waals surface area contributed by atoms with E-state index >= 15 is 0 Å². The molecular formula is C10H13NO2S. The first kappa shape index (κ1) is 9.52. The van der Waals surface area contributed by atoms with Gasteiger partial charge in [-0.3, -0.25) is 0 Å². The van der Waals surface area contributed by atoms with Crippen molar-refractivity contribution in [2.75, 3.05) is 17.3 Å². The average Bonchev–Trinajstić information content (AvgIpc) is 2.18. The Kier molecular flexibility index (Phi) is 2.72. The molecule has 2 rings (SSSR count). The minimum Gasteiger partial charge on any atom is -0.357 e. The van der Waals surface area contributed by atoms with Gasteiger partial charge in [0.05, 0.1) is 0 Å². The van der Waals surface area contributed by atoms with Crippen LogP contribution in [0.4, 0.5) is 5.69 Å². The quantitative estimate of drug-likeness (QED) is 0.742. The first-order valence-corrected chi connectivity index (χ1v) is 6.08. The third-order valence-electron chi connectivity index (χ3n) is 2.49. The Labute approximate surface area is 85.3 Å². The van der Waals surface area contributed by atoms with Crippen molar-refractivity contribution < 1.29 is 8.42 Å². The van der Waals surface area contributed by atoms with Crippen LogP contribution in [0.2, 0.25) is 0 Å². The van der Waals surface area contributed by atoms with Crippen LogP contribution < -0.4 is 4.90 Å². The second kappa shape index (κ2) is 4.00. The predicted molar refractivity (Wildman–Crippen MR) is 57.3 cm³/mol. The number of hydrogen-bond donors (Lipinski definition) is 1. The van der Waals surface area contributed by atoms with E-state index in [1.165, 1.54) is 5.56 Å². The van der Waals surface area contributed by atoms with Crippen molar-refractivity contribution in [1.82, 2.24) is 0 Å². The molecule has 0 spiro atoms. The van der Waals surface area contributed by atoms with Crippen LogP contribution in [0.15, 0.2) is 24.3 Å². The third-order valence-corrected chi connectivity index (χ3v) is 3.06. The second-order valence-corrected chi connectivity index (χ2v) is 4.42. The lowest BCUT2D eigenvalue weighted by Gasteiger charge is -2.29. The minimum atomic E-state index is -2.32. The molecule has 3 nitrogen and oxygen atoms in total. The molecule has 0 aliphatic carbocycles. The number of fused-ring (bicyclic) bond motifs is 1. The van der Waals surface area contributed by atoms with Crippen molar-refractivity contribution in [3.63, 3.8) is 0 Å². The van der Waals surface area contributed by atoms with E-state index in [1.54, 1.807) is 0 Å². The smallest absolute Gasteiger partial charge is 0.158 e. The molecule has 0 atom stereocenters. The minimum absolute atomic E-state index is 0.145. The largest absolute Gasteiger partial charge is 0.357 e. The Bertz CT molecular complexity index is 393. The van der Waals surface area contributed by atoms with Gasteiger partial charge in [-0.15, -0.1) is 0 Å². The van der Waals surface area contributed by atoms with Crippen molar-refractivity contribution >= 4 is 16.4 Å². The fraction of sp³-hybridized carbons (Fsp3) is 0.400. The maximum absolute atomic E-state index is 10.7. The molecule has 4 heteroatoms. The molecule has 0 fully saturated rings. The number of hydrogen-bond acceptors (Lipinski definition) is 3. The van der Waals surface area contributed by atoms with E-state index in [1.807, 2.05) is 23.1 Å². The molecule has 1 aliphatic heterocycles. The monoisotopic (exact) mass is 211 g/mol. The van der Waals surface area contributed by atoms with Crippen molar-refractivity contribution in [2.45, 2.75) is 12.8 Å². The molecule has 0 bridgehead atoms. The van der Waals surface area contributed by atoms with Crippen LogP contribution in [0.1, 0.15) is 12.0 Å². The van der Waals surface area contributed by atoms with Crippen molar-refractivity contribution in [1.29, 1.82) is 0 Å². The van der Waals surface area contributed by atoms with E-state index in [0.29, 0.717) is 0 Å². The van der Waals surface area contributed by atoms with Gasteiger partial charge >= 0.3 is 0 Å². The Balaban J connectivity index is 2.30. The molecule has 14 heavy (non-hydrogen) atoms. The summed E-state index contributed by atoms with van der Waals surface area (Å²) >= 11 is 0. The number of anilines is 1. The first-order valence-electron chi connectivity index (χ1n) is 4.72. The average molecular weight is 211 g/mol. The Morgan fingerprint density at radius 1 is 1.29 bits per heavy atom. The number of nitrogens with zero attached hydrogens (tertiary/aromatic N) is 1. The second-order valence-electron chi connectivity index (χ2n) is 3.47. The Hall–Kier alpha value is -1.03. The van der Waals surface area contributed by atoms with Crippen LogP contribution in [0.5, 0.6) is 0 Å². The summed E-state index contributed by atoms with van der Waals surface area (Å²) in [4.78, 5) is 1.94. The summed E-state index contributed by atoms with van der Waals surface area (Å²) in [6.45, 7) is 0.848. The molecule has 0 N–H and O–H groups in total. The molecule has 1 aromatic carbocycles. The van der Waals surface area contributed by atoms with Crippen LogP contribution in [0.3, 0.4) is 0 Å². The number of aryl methyl sites for hydroxylation is 1. The van der Waals surface area contributed by atoms with Crippen LogP contribution in [0, 0.1) is 0 Å². The fourth-order valence-electron chi connectivity index (χ4n) is 1.90. The highest BCUT2D eigenvalue weighted by Crippen LogP contribution is 2.25. The van der Waals surface area contributed by atoms with Crippen LogP contribution in [0.25, 0.3) is 0 Å². The fourth-order valence-corrected chi connectivity index (χ4v) is 2.47. The van der Waals surface area contributed by atoms with Gasteiger partial charge in [-0.1, -0.05) is 18.2 Å². The molecule has 0 saturated heterocycles. The van der Waals surface area contributed by atoms with Crippen molar-refractivity contribution in [2.24, 2.45) is 0 Å². The molecule has 76 valence electrons. The van der Waals surface area contributed by atoms with Crippen molar-refractivity contribution in [3.05, 3.63) is 29.8 Å². The molecule has 0 saturated carbocycles. The lowest BCUT2D eigenvalue weighted by molar-refractivity contribution is 0.609. The number of benzene rings is 1. The molecule has 1 aliphatic rings. The van der Waals surface area contributed by atoms with E-state index in [0.717, 1.165) is 25.1 Å². The number of rotatable bonds is 2. The highest BCUT2D eigenvalue weighted by Gasteiger charge is 2.15. The number of para-hydroxylation sites is 1. The van der Waals surface area contributed by atoms with E-state index in [-0.39, 0.29) is 5.88 Å². The van der Waals surface area contributed by atoms with Gasteiger partial charge in [-0.05, 0) is 24.5 Å². The topological polar surface area (TPSA) is 37.4 Å². The standard InChI is InChI=1S/C10H13NO2S/c12-14(13)8-11-7-3-5-9-4-1-2-6-10(9)11/h1-2,4,6,14H,3,5,7-8H2. The van der Waals surface area contributed by atoms with Gasteiger partial charge in [-0.25, -0.2) is 8.42 Å². The summed E-state index contributed by atoms with van der Waals surface area (Å²) in [5, 5.41) is 0. The van der Waals surface area contributed by atoms with Gasteiger partial charge in [0.15, 0.2) is 10.7 Å². The van der Waals surface area contributed by atoms with Gasteiger partial charge < -0.3 is 4.90 Å². The Morgan fingerprint density at radius 2 is 2.07 bits per heavy atom. The van der Waals surface area contributed by atoms with Crippen LogP contribution >= 0.6 is 0 Å². The molecule has 0 amide bonds. The highest BCUT2D eigenvalue weighted by molar-refractivity contribution is 7.72. The maximum Gasteiger partial charge on any atom is 0.158 e. The van der Waals surface area contributed by atoms with Gasteiger partial charge in [0.1, 0.15) is 5.88 Å². The summed E-state index contributed by atoms with van der Waals surface area (Å²) in [5.74, 6) is 0.145. The zero-order chi connectivity index (χ0) is 9.97. The summed E-state index contributed by atoms with van der Waals surface area (Å²) in [6.07, 6.45) is 2.10. The molecule has 1 heterocycles. The van der Waals surface area contributed by atoms with E-state index in [2.05, 4.69) is 6.07 Å². The number of thiol groups is 1. The Morgan fingerprint density at radius 3 is 2.86 bits per heavy atom. The summed E-state index contributed by atoms with van der Waals surface area (Å²) in [5.41, 5.74) is 2.34. The zero-order valence-electron chi connectivity index (χ0n) is 7.85. The predicted octanol–water partition coefficient (Wildman–Crippen LogP) is 1.01. The molecular weight excluding hydrogens is 198 g/mol. The normalized spacial score (nSPS) is 15.6. The summed E-state index contributed by atoms with van der Waals surface area (Å²) in [6, 6.07) is 8.02. The van der Waals surface area contributed by atoms with E-state index in [4.69, 9.17) is 0 Å². The first-order chi connectivity index (χ1) is 6.77. The van der Waals surface area contributed by atoms with Crippen molar-refractivity contribution in [3.8, 4) is 0 Å². The van der Waals surface area contributed by atoms with Gasteiger partial charge in [-0.2, -0.15) is 0 Å². The maximum atomic E-state index is 10.7. The summed E-state index contributed by atoms with van der Waals surface area (Å²) in [7, 11) is -2.32. The summed E-state index contributed by atoms with van der Waals surface area (Å²) < 4.78 is 21.3. The molecule has 0 radical (unpaired) electrons. The lowest BCUT2D eigenvalue weighted by Crippen LogP contribution is -2.30. The van der Waals surface area contributed by atoms with Crippen LogP contribution in [-0.4, -0.2) is 20.8 Å². The third kappa shape index (κ3) is 1.90. The van der Waals surface area contributed by atoms with Gasteiger partial charge in [0.25, 0.3) is 0 Å². The SMILES string of the molecule is O=[SH](=O)CN1CCCc2ccccc21. The highest BCUT2D eigenvalue weighted by atomic mass is 32.2. The van der Waals surface area contributed by atoms with E-state index < -0.39 is 10.7 Å².